The third-order valence-corrected chi connectivity index (χ3v) is 2.39. The Balaban J connectivity index is 2.03. The molecular weight excluding hydrogens is 248 g/mol. The molecule has 0 saturated heterocycles. The normalized spacial score (nSPS) is 10.2. The van der Waals surface area contributed by atoms with Gasteiger partial charge in [0.25, 0.3) is 0 Å². The maximum absolute atomic E-state index is 10.7. The number of rotatable bonds is 6. The standard InChI is InChI=1S/C14H14O5/c1-2-17-11-5-3-4-6-12(11)18-9-10-7-8-13(19-10)14(15)16/h3-8H,2,9H2,1H3,(H,15,16). The molecule has 0 fully saturated rings. The Kier molecular flexibility index (Phi) is 4.07. The second-order valence-electron chi connectivity index (χ2n) is 3.74. The molecule has 2 aromatic rings. The van der Waals surface area contributed by atoms with Gasteiger partial charge in [0.05, 0.1) is 6.61 Å². The molecule has 1 aromatic heterocycles. The summed E-state index contributed by atoms with van der Waals surface area (Å²) in [6, 6.07) is 10.3. The Morgan fingerprint density at radius 2 is 1.84 bits per heavy atom. The highest BCUT2D eigenvalue weighted by Gasteiger charge is 2.10. The first-order valence-electron chi connectivity index (χ1n) is 5.87. The third-order valence-electron chi connectivity index (χ3n) is 2.39. The van der Waals surface area contributed by atoms with E-state index in [4.69, 9.17) is 19.0 Å². The summed E-state index contributed by atoms with van der Waals surface area (Å²) in [7, 11) is 0. The van der Waals surface area contributed by atoms with Crippen LogP contribution in [0, 0.1) is 0 Å². The fourth-order valence-electron chi connectivity index (χ4n) is 1.56. The Bertz CT molecular complexity index is 558. The van der Waals surface area contributed by atoms with Crippen molar-refractivity contribution >= 4 is 5.97 Å². The second-order valence-corrected chi connectivity index (χ2v) is 3.74. The molecule has 0 aliphatic rings. The van der Waals surface area contributed by atoms with Crippen molar-refractivity contribution in [3.8, 4) is 11.5 Å². The zero-order valence-electron chi connectivity index (χ0n) is 10.5. The number of ether oxygens (including phenoxy) is 2. The predicted octanol–water partition coefficient (Wildman–Crippen LogP) is 2.96. The predicted molar refractivity (Wildman–Crippen MR) is 67.6 cm³/mol. The summed E-state index contributed by atoms with van der Waals surface area (Å²) in [5.74, 6) is 0.494. The van der Waals surface area contributed by atoms with Gasteiger partial charge in [0, 0.05) is 0 Å². The van der Waals surface area contributed by atoms with Gasteiger partial charge in [-0.25, -0.2) is 4.79 Å². The lowest BCUT2D eigenvalue weighted by Gasteiger charge is -2.10. The van der Waals surface area contributed by atoms with E-state index in [-0.39, 0.29) is 12.4 Å². The van der Waals surface area contributed by atoms with Crippen molar-refractivity contribution in [2.24, 2.45) is 0 Å². The molecule has 0 bridgehead atoms. The number of hydrogen-bond acceptors (Lipinski definition) is 4. The summed E-state index contributed by atoms with van der Waals surface area (Å²) < 4.78 is 16.1. The summed E-state index contributed by atoms with van der Waals surface area (Å²) in [6.07, 6.45) is 0. The molecule has 0 aliphatic carbocycles. The van der Waals surface area contributed by atoms with Crippen LogP contribution in [0.4, 0.5) is 0 Å². The van der Waals surface area contributed by atoms with Crippen LogP contribution in [0.25, 0.3) is 0 Å². The van der Waals surface area contributed by atoms with Crippen molar-refractivity contribution in [3.63, 3.8) is 0 Å². The summed E-state index contributed by atoms with van der Waals surface area (Å²) in [4.78, 5) is 10.7. The van der Waals surface area contributed by atoms with Crippen LogP contribution in [-0.2, 0) is 6.61 Å². The largest absolute Gasteiger partial charge is 0.490 e. The summed E-state index contributed by atoms with van der Waals surface area (Å²) >= 11 is 0. The number of aromatic carboxylic acids is 1. The maximum Gasteiger partial charge on any atom is 0.371 e. The average Bonchev–Trinajstić information content (AvgIpc) is 2.87. The van der Waals surface area contributed by atoms with E-state index < -0.39 is 5.97 Å². The minimum absolute atomic E-state index is 0.100. The molecule has 5 heteroatoms. The van der Waals surface area contributed by atoms with Crippen molar-refractivity contribution in [1.29, 1.82) is 0 Å². The molecule has 19 heavy (non-hydrogen) atoms. The van der Waals surface area contributed by atoms with E-state index in [1.165, 1.54) is 6.07 Å². The minimum Gasteiger partial charge on any atom is -0.490 e. The van der Waals surface area contributed by atoms with Crippen molar-refractivity contribution < 1.29 is 23.8 Å². The number of benzene rings is 1. The number of para-hydroxylation sites is 2. The topological polar surface area (TPSA) is 68.9 Å². The molecule has 2 rings (SSSR count). The lowest BCUT2D eigenvalue weighted by atomic mass is 10.3. The molecule has 0 atom stereocenters. The van der Waals surface area contributed by atoms with Crippen molar-refractivity contribution in [2.45, 2.75) is 13.5 Å². The van der Waals surface area contributed by atoms with Crippen LogP contribution < -0.4 is 9.47 Å². The summed E-state index contributed by atoms with van der Waals surface area (Å²) in [5.41, 5.74) is 0. The summed E-state index contributed by atoms with van der Waals surface area (Å²) in [5, 5.41) is 8.74. The van der Waals surface area contributed by atoms with Crippen LogP contribution in [0.1, 0.15) is 23.2 Å². The quantitative estimate of drug-likeness (QED) is 0.866. The molecule has 1 heterocycles. The first-order chi connectivity index (χ1) is 9.20. The first kappa shape index (κ1) is 13.0. The number of carboxylic acids is 1. The minimum atomic E-state index is -1.10. The fraction of sp³-hybridized carbons (Fsp3) is 0.214. The molecule has 0 spiro atoms. The SMILES string of the molecule is CCOc1ccccc1OCc1ccc(C(=O)O)o1. The Morgan fingerprint density at radius 1 is 1.16 bits per heavy atom. The van der Waals surface area contributed by atoms with Gasteiger partial charge in [-0.1, -0.05) is 12.1 Å². The number of hydrogen-bond donors (Lipinski definition) is 1. The van der Waals surface area contributed by atoms with Crippen molar-refractivity contribution in [3.05, 3.63) is 47.9 Å². The molecule has 0 radical (unpaired) electrons. The maximum atomic E-state index is 10.7. The van der Waals surface area contributed by atoms with Crippen LogP contribution in [0.5, 0.6) is 11.5 Å². The molecule has 0 aliphatic heterocycles. The van der Waals surface area contributed by atoms with E-state index in [9.17, 15) is 4.79 Å². The number of carboxylic acid groups (broad SMARTS) is 1. The molecule has 5 nitrogen and oxygen atoms in total. The first-order valence-corrected chi connectivity index (χ1v) is 5.87. The van der Waals surface area contributed by atoms with E-state index in [0.717, 1.165) is 0 Å². The van der Waals surface area contributed by atoms with Gasteiger partial charge in [0.15, 0.2) is 11.5 Å². The fourth-order valence-corrected chi connectivity index (χ4v) is 1.56. The second kappa shape index (κ2) is 5.95. The van der Waals surface area contributed by atoms with Gasteiger partial charge in [-0.2, -0.15) is 0 Å². The smallest absolute Gasteiger partial charge is 0.371 e. The van der Waals surface area contributed by atoms with Crippen LogP contribution in [0.3, 0.4) is 0 Å². The van der Waals surface area contributed by atoms with Crippen molar-refractivity contribution in [1.82, 2.24) is 0 Å². The Morgan fingerprint density at radius 3 is 2.42 bits per heavy atom. The molecular formula is C14H14O5. The molecule has 1 N–H and O–H groups in total. The molecule has 0 saturated carbocycles. The van der Waals surface area contributed by atoms with Gasteiger partial charge >= 0.3 is 5.97 Å². The van der Waals surface area contributed by atoms with Gasteiger partial charge < -0.3 is 19.0 Å². The monoisotopic (exact) mass is 262 g/mol. The third kappa shape index (κ3) is 3.28. The number of furan rings is 1. The zero-order valence-corrected chi connectivity index (χ0v) is 10.5. The highest BCUT2D eigenvalue weighted by Crippen LogP contribution is 2.27. The highest BCUT2D eigenvalue weighted by atomic mass is 16.5. The van der Waals surface area contributed by atoms with Crippen LogP contribution in [0.2, 0.25) is 0 Å². The van der Waals surface area contributed by atoms with Gasteiger partial charge in [-0.3, -0.25) is 0 Å². The average molecular weight is 262 g/mol. The molecule has 0 unspecified atom stereocenters. The van der Waals surface area contributed by atoms with E-state index >= 15 is 0 Å². The van der Waals surface area contributed by atoms with Gasteiger partial charge in [-0.05, 0) is 31.2 Å². The van der Waals surface area contributed by atoms with Crippen LogP contribution >= 0.6 is 0 Å². The number of carbonyl (C=O) groups is 1. The zero-order chi connectivity index (χ0) is 13.7. The lowest BCUT2D eigenvalue weighted by molar-refractivity contribution is 0.0658. The van der Waals surface area contributed by atoms with E-state index in [1.54, 1.807) is 12.1 Å². The molecule has 0 amide bonds. The van der Waals surface area contributed by atoms with Gasteiger partial charge in [0.2, 0.25) is 5.76 Å². The van der Waals surface area contributed by atoms with Gasteiger partial charge in [0.1, 0.15) is 12.4 Å². The molecule has 100 valence electrons. The summed E-state index contributed by atoms with van der Waals surface area (Å²) in [6.45, 7) is 2.59. The Labute approximate surface area is 110 Å². The Hall–Kier alpha value is -2.43. The van der Waals surface area contributed by atoms with E-state index in [2.05, 4.69) is 0 Å². The van der Waals surface area contributed by atoms with E-state index in [1.807, 2.05) is 25.1 Å². The highest BCUT2D eigenvalue weighted by molar-refractivity contribution is 5.84. The van der Waals surface area contributed by atoms with E-state index in [0.29, 0.717) is 23.9 Å². The van der Waals surface area contributed by atoms with Crippen molar-refractivity contribution in [2.75, 3.05) is 6.61 Å². The lowest BCUT2D eigenvalue weighted by Crippen LogP contribution is -1.99. The van der Waals surface area contributed by atoms with Gasteiger partial charge in [-0.15, -0.1) is 0 Å². The molecule has 1 aromatic carbocycles. The van der Waals surface area contributed by atoms with Crippen LogP contribution in [-0.4, -0.2) is 17.7 Å². The van der Waals surface area contributed by atoms with Crippen LogP contribution in [0.15, 0.2) is 40.8 Å².